The van der Waals surface area contributed by atoms with Crippen molar-refractivity contribution in [1.82, 2.24) is 8.54 Å². The molecule has 0 radical (unpaired) electrons. The fourth-order valence-corrected chi connectivity index (χ4v) is 5.27. The smallest absolute Gasteiger partial charge is 0.348 e. The Labute approximate surface area is 170 Å². The Morgan fingerprint density at radius 3 is 2.36 bits per heavy atom. The van der Waals surface area contributed by atoms with Crippen molar-refractivity contribution in [2.24, 2.45) is 0 Å². The highest BCUT2D eigenvalue weighted by atomic mass is 127. The van der Waals surface area contributed by atoms with Gasteiger partial charge in [-0.15, -0.1) is 0 Å². The Kier molecular flexibility index (Phi) is 4.49. The summed E-state index contributed by atoms with van der Waals surface area (Å²) in [6, 6.07) is 4.40. The second-order valence-corrected chi connectivity index (χ2v) is 9.60. The minimum Gasteiger partial charge on any atom is -0.494 e. The van der Waals surface area contributed by atoms with Crippen LogP contribution in [0.15, 0.2) is 29.1 Å². The van der Waals surface area contributed by atoms with Gasteiger partial charge in [0.1, 0.15) is 22.6 Å². The zero-order chi connectivity index (χ0) is 20.4. The second kappa shape index (κ2) is 6.51. The third kappa shape index (κ3) is 2.74. The summed E-state index contributed by atoms with van der Waals surface area (Å²) in [6.45, 7) is 0. The van der Waals surface area contributed by atoms with E-state index in [1.54, 1.807) is 0 Å². The molecular weight excluding hydrogens is 512 g/mol. The molecule has 1 aromatic heterocycles. The van der Waals surface area contributed by atoms with Crippen molar-refractivity contribution in [3.8, 4) is 11.4 Å². The van der Waals surface area contributed by atoms with E-state index in [-0.39, 0.29) is 5.75 Å². The molecule has 0 N–H and O–H groups in total. The highest BCUT2D eigenvalue weighted by molar-refractivity contribution is 14.1. The van der Waals surface area contributed by atoms with Gasteiger partial charge in [0, 0.05) is 9.64 Å². The predicted molar refractivity (Wildman–Crippen MR) is 104 cm³/mol. The first-order valence-corrected chi connectivity index (χ1v) is 10.7. The zero-order valence-electron chi connectivity index (χ0n) is 14.2. The molecule has 1 aliphatic rings. The zero-order valence-corrected chi connectivity index (χ0v) is 17.2. The number of hydrogen-bond acceptors (Lipinski definition) is 4. The van der Waals surface area contributed by atoms with Gasteiger partial charge in [0.15, 0.2) is 11.6 Å². The third-order valence-electron chi connectivity index (χ3n) is 4.50. The van der Waals surface area contributed by atoms with Crippen LogP contribution in [-0.4, -0.2) is 29.3 Å². The normalized spacial score (nSPS) is 14.6. The Bertz CT molecular complexity index is 1300. The van der Waals surface area contributed by atoms with Gasteiger partial charge < -0.3 is 4.74 Å². The van der Waals surface area contributed by atoms with Gasteiger partial charge in [0.25, 0.3) is 0 Å². The summed E-state index contributed by atoms with van der Waals surface area (Å²) in [5, 5.41) is -0.816. The Morgan fingerprint density at radius 2 is 1.79 bits per heavy atom. The summed E-state index contributed by atoms with van der Waals surface area (Å²) < 4.78 is 75.6. The van der Waals surface area contributed by atoms with Crippen LogP contribution in [0.25, 0.3) is 16.7 Å². The van der Waals surface area contributed by atoms with Crippen molar-refractivity contribution in [3.63, 3.8) is 0 Å². The van der Waals surface area contributed by atoms with Crippen LogP contribution >= 0.6 is 22.6 Å². The molecule has 6 nitrogen and oxygen atoms in total. The fourth-order valence-electron chi connectivity index (χ4n) is 3.06. The maximum absolute atomic E-state index is 14.7. The molecule has 1 heterocycles. The summed E-state index contributed by atoms with van der Waals surface area (Å²) >= 11 is 1.84. The van der Waals surface area contributed by atoms with Gasteiger partial charge in [0.2, 0.25) is 10.0 Å². The number of nitrogens with zero attached hydrogens (tertiary/aromatic N) is 2. The molecule has 0 saturated heterocycles. The number of hydrogen-bond donors (Lipinski definition) is 0. The molecule has 4 rings (SSSR count). The number of aromatic nitrogens is 2. The van der Waals surface area contributed by atoms with Crippen LogP contribution in [0, 0.1) is 21.0 Å². The summed E-state index contributed by atoms with van der Waals surface area (Å²) in [4.78, 5) is 13.1. The Balaban J connectivity index is 2.25. The number of halogens is 4. The van der Waals surface area contributed by atoms with Crippen LogP contribution in [-0.2, 0) is 10.0 Å². The minimum atomic E-state index is -4.20. The van der Waals surface area contributed by atoms with Gasteiger partial charge in [0.05, 0.1) is 18.0 Å². The molecule has 0 atom stereocenters. The lowest BCUT2D eigenvalue weighted by molar-refractivity contribution is 0.411. The molecule has 28 heavy (non-hydrogen) atoms. The third-order valence-corrected chi connectivity index (χ3v) is 7.33. The van der Waals surface area contributed by atoms with Gasteiger partial charge in [-0.2, -0.15) is 3.97 Å². The van der Waals surface area contributed by atoms with E-state index in [4.69, 9.17) is 4.74 Å². The molecule has 1 fully saturated rings. The van der Waals surface area contributed by atoms with E-state index in [9.17, 15) is 26.4 Å². The van der Waals surface area contributed by atoms with Gasteiger partial charge in [-0.25, -0.2) is 26.4 Å². The van der Waals surface area contributed by atoms with E-state index in [0.717, 1.165) is 13.2 Å². The van der Waals surface area contributed by atoms with Gasteiger partial charge in [-0.05, 0) is 53.6 Å². The molecule has 148 valence electrons. The maximum Gasteiger partial charge on any atom is 0.348 e. The van der Waals surface area contributed by atoms with Crippen LogP contribution in [0.4, 0.5) is 13.2 Å². The number of methoxy groups -OCH3 is 1. The second-order valence-electron chi connectivity index (χ2n) is 6.29. The number of benzene rings is 2. The Hall–Kier alpha value is -2.02. The lowest BCUT2D eigenvalue weighted by Gasteiger charge is -2.09. The molecule has 1 saturated carbocycles. The van der Waals surface area contributed by atoms with Crippen molar-refractivity contribution in [1.29, 1.82) is 0 Å². The quantitative estimate of drug-likeness (QED) is 0.492. The van der Waals surface area contributed by atoms with E-state index in [1.807, 2.05) is 22.6 Å². The molecule has 0 unspecified atom stereocenters. The van der Waals surface area contributed by atoms with Crippen LogP contribution in [0.2, 0.25) is 0 Å². The van der Waals surface area contributed by atoms with Crippen LogP contribution < -0.4 is 10.4 Å². The average molecular weight is 524 g/mol. The highest BCUT2D eigenvalue weighted by Gasteiger charge is 2.41. The first kappa shape index (κ1) is 19.3. The number of imidazole rings is 1. The van der Waals surface area contributed by atoms with E-state index in [0.29, 0.717) is 31.0 Å². The van der Waals surface area contributed by atoms with E-state index < -0.39 is 55.1 Å². The predicted octanol–water partition coefficient (Wildman–Crippen LogP) is 3.16. The monoisotopic (exact) mass is 524 g/mol. The van der Waals surface area contributed by atoms with E-state index in [1.165, 1.54) is 12.1 Å². The summed E-state index contributed by atoms with van der Waals surface area (Å²) in [7, 11) is -3.07. The van der Waals surface area contributed by atoms with E-state index in [2.05, 4.69) is 0 Å². The average Bonchev–Trinajstić information content (AvgIpc) is 3.43. The highest BCUT2D eigenvalue weighted by Crippen LogP contribution is 2.36. The fraction of sp³-hybridized carbons (Fsp3) is 0.235. The molecular formula is C17H12F3IN2O4S. The number of ether oxygens (including phenoxy) is 1. The van der Waals surface area contributed by atoms with Gasteiger partial charge in [-0.1, -0.05) is 0 Å². The van der Waals surface area contributed by atoms with Crippen molar-refractivity contribution >= 4 is 43.6 Å². The lowest BCUT2D eigenvalue weighted by Crippen LogP contribution is -2.31. The largest absolute Gasteiger partial charge is 0.494 e. The standard InChI is InChI=1S/C17H12F3IN2O4S/c1-27-13-7-11(19)14(20)16-15(13)23(28(25,26)9-3-4-9)17(24)22(16)12-5-2-8(21)6-10(12)18/h2,5-7,9H,3-4H2,1H3. The molecule has 11 heteroatoms. The van der Waals surface area contributed by atoms with Crippen molar-refractivity contribution in [2.45, 2.75) is 18.1 Å². The topological polar surface area (TPSA) is 70.3 Å². The molecule has 2 aromatic carbocycles. The van der Waals surface area contributed by atoms with Crippen LogP contribution in [0.3, 0.4) is 0 Å². The SMILES string of the molecule is COc1cc(F)c(F)c2c1n(S(=O)(=O)C1CC1)c(=O)n2-c1ccc(I)cc1F. The number of rotatable bonds is 4. The molecule has 3 aromatic rings. The van der Waals surface area contributed by atoms with Crippen molar-refractivity contribution in [3.05, 3.63) is 55.8 Å². The van der Waals surface area contributed by atoms with Gasteiger partial charge in [-0.3, -0.25) is 4.57 Å². The first-order valence-electron chi connectivity index (χ1n) is 8.07. The first-order chi connectivity index (χ1) is 13.2. The van der Waals surface area contributed by atoms with Crippen molar-refractivity contribution in [2.75, 3.05) is 7.11 Å². The molecule has 0 amide bonds. The number of fused-ring (bicyclic) bond motifs is 1. The molecule has 1 aliphatic carbocycles. The summed E-state index contributed by atoms with van der Waals surface area (Å²) in [6.07, 6.45) is 0.677. The molecule has 0 bridgehead atoms. The van der Waals surface area contributed by atoms with Crippen molar-refractivity contribution < 1.29 is 26.3 Å². The summed E-state index contributed by atoms with van der Waals surface area (Å²) in [5.41, 5.74) is -2.78. The van der Waals surface area contributed by atoms with E-state index >= 15 is 0 Å². The van der Waals surface area contributed by atoms with Crippen LogP contribution in [0.1, 0.15) is 12.8 Å². The Morgan fingerprint density at radius 1 is 1.11 bits per heavy atom. The molecule has 0 aliphatic heterocycles. The van der Waals surface area contributed by atoms with Gasteiger partial charge >= 0.3 is 5.69 Å². The lowest BCUT2D eigenvalue weighted by atomic mass is 10.2. The summed E-state index contributed by atoms with van der Waals surface area (Å²) in [5.74, 6) is -4.07. The van der Waals surface area contributed by atoms with Crippen LogP contribution in [0.5, 0.6) is 5.75 Å². The molecule has 0 spiro atoms. The minimum absolute atomic E-state index is 0.339. The maximum atomic E-state index is 14.7.